The Morgan fingerprint density at radius 1 is 1.20 bits per heavy atom. The average Bonchev–Trinajstić information content (AvgIpc) is 3.19. The van der Waals surface area contributed by atoms with Gasteiger partial charge in [-0.05, 0) is 37.6 Å². The molecule has 0 bridgehead atoms. The van der Waals surface area contributed by atoms with Crippen LogP contribution in [0, 0.1) is 0 Å². The molecule has 3 aromatic rings. The number of hydrogen-bond donors (Lipinski definition) is 0. The standard InChI is InChI=1S/C23H28N6O/c1-17(2)29-16-26-20-9-12-28(14-18-7-6-10-24-13-18)22(21(20)29)23(30)27(3)15-19-8-4-5-11-25-19/h4-8,10-11,13,16-17,22H,9,12,14-15H2,1-3H3/t22-/m1/s1. The second kappa shape index (κ2) is 8.75. The van der Waals surface area contributed by atoms with E-state index in [1.165, 1.54) is 0 Å². The fraction of sp³-hybridized carbons (Fsp3) is 0.391. The molecule has 30 heavy (non-hydrogen) atoms. The first-order valence-electron chi connectivity index (χ1n) is 10.4. The first-order chi connectivity index (χ1) is 14.5. The zero-order valence-corrected chi connectivity index (χ0v) is 17.8. The van der Waals surface area contributed by atoms with Crippen LogP contribution in [-0.2, 0) is 24.3 Å². The van der Waals surface area contributed by atoms with Gasteiger partial charge in [-0.3, -0.25) is 19.7 Å². The third kappa shape index (κ3) is 4.11. The number of amides is 1. The summed E-state index contributed by atoms with van der Waals surface area (Å²) in [5, 5.41) is 0. The lowest BCUT2D eigenvalue weighted by molar-refractivity contribution is -0.137. The summed E-state index contributed by atoms with van der Waals surface area (Å²) < 4.78 is 2.14. The van der Waals surface area contributed by atoms with Gasteiger partial charge in [0.2, 0.25) is 5.91 Å². The predicted molar refractivity (Wildman–Crippen MR) is 114 cm³/mol. The van der Waals surface area contributed by atoms with Gasteiger partial charge in [-0.15, -0.1) is 0 Å². The molecule has 3 aromatic heterocycles. The highest BCUT2D eigenvalue weighted by molar-refractivity contribution is 5.83. The van der Waals surface area contributed by atoms with E-state index in [4.69, 9.17) is 0 Å². The molecule has 0 aromatic carbocycles. The summed E-state index contributed by atoms with van der Waals surface area (Å²) in [5.41, 5.74) is 4.01. The zero-order chi connectivity index (χ0) is 21.1. The molecule has 0 aliphatic carbocycles. The number of likely N-dealkylation sites (N-methyl/N-ethyl adjacent to an activating group) is 1. The van der Waals surface area contributed by atoms with Gasteiger partial charge in [-0.2, -0.15) is 0 Å². The summed E-state index contributed by atoms with van der Waals surface area (Å²) in [6.45, 7) is 6.18. The molecule has 1 atom stereocenters. The number of hydrogen-bond acceptors (Lipinski definition) is 5. The van der Waals surface area contributed by atoms with E-state index in [0.717, 1.165) is 35.6 Å². The van der Waals surface area contributed by atoms with Gasteiger partial charge in [0.05, 0.1) is 30.0 Å². The van der Waals surface area contributed by atoms with Crippen LogP contribution in [0.5, 0.6) is 0 Å². The smallest absolute Gasteiger partial charge is 0.246 e. The Labute approximate surface area is 177 Å². The number of rotatable bonds is 6. The van der Waals surface area contributed by atoms with E-state index >= 15 is 0 Å². The summed E-state index contributed by atoms with van der Waals surface area (Å²) in [5.74, 6) is 0.0629. The van der Waals surface area contributed by atoms with Crippen LogP contribution in [0.3, 0.4) is 0 Å². The van der Waals surface area contributed by atoms with Crippen LogP contribution >= 0.6 is 0 Å². The molecular formula is C23H28N6O. The van der Waals surface area contributed by atoms with E-state index in [9.17, 15) is 4.79 Å². The van der Waals surface area contributed by atoms with Crippen molar-refractivity contribution in [3.63, 3.8) is 0 Å². The highest BCUT2D eigenvalue weighted by atomic mass is 16.2. The van der Waals surface area contributed by atoms with Gasteiger partial charge in [0.1, 0.15) is 6.04 Å². The fourth-order valence-corrected chi connectivity index (χ4v) is 4.05. The van der Waals surface area contributed by atoms with E-state index in [1.54, 1.807) is 17.3 Å². The molecule has 1 amide bonds. The van der Waals surface area contributed by atoms with Crippen LogP contribution < -0.4 is 0 Å². The SMILES string of the molecule is CC(C)n1cnc2c1[C@H](C(=O)N(C)Cc1ccccn1)N(Cc1cccnc1)CC2. The zero-order valence-electron chi connectivity index (χ0n) is 17.8. The van der Waals surface area contributed by atoms with Crippen molar-refractivity contribution in [3.8, 4) is 0 Å². The molecule has 0 saturated heterocycles. The van der Waals surface area contributed by atoms with Gasteiger partial charge in [-0.1, -0.05) is 12.1 Å². The van der Waals surface area contributed by atoms with Crippen molar-refractivity contribution in [2.75, 3.05) is 13.6 Å². The molecule has 0 unspecified atom stereocenters. The lowest BCUT2D eigenvalue weighted by Gasteiger charge is -2.37. The molecule has 4 rings (SSSR count). The summed E-state index contributed by atoms with van der Waals surface area (Å²) in [6, 6.07) is 9.62. The van der Waals surface area contributed by atoms with Crippen LogP contribution in [-0.4, -0.2) is 48.8 Å². The van der Waals surface area contributed by atoms with E-state index < -0.39 is 0 Å². The molecule has 4 heterocycles. The molecular weight excluding hydrogens is 376 g/mol. The monoisotopic (exact) mass is 404 g/mol. The van der Waals surface area contributed by atoms with Crippen LogP contribution in [0.2, 0.25) is 0 Å². The number of pyridine rings is 2. The molecule has 0 N–H and O–H groups in total. The maximum Gasteiger partial charge on any atom is 0.246 e. The minimum absolute atomic E-state index is 0.0629. The number of imidazole rings is 1. The van der Waals surface area contributed by atoms with Crippen molar-refractivity contribution in [2.24, 2.45) is 0 Å². The number of aromatic nitrogens is 4. The van der Waals surface area contributed by atoms with Gasteiger partial charge in [0.25, 0.3) is 0 Å². The Morgan fingerprint density at radius 3 is 2.77 bits per heavy atom. The Kier molecular flexibility index (Phi) is 5.90. The van der Waals surface area contributed by atoms with Crippen LogP contribution in [0.1, 0.15) is 48.6 Å². The normalized spacial score (nSPS) is 16.5. The number of carbonyl (C=O) groups excluding carboxylic acids is 1. The Bertz CT molecular complexity index is 985. The van der Waals surface area contributed by atoms with Crippen molar-refractivity contribution in [1.82, 2.24) is 29.3 Å². The maximum atomic E-state index is 13.7. The molecule has 7 nitrogen and oxygen atoms in total. The van der Waals surface area contributed by atoms with Crippen LogP contribution in [0.4, 0.5) is 0 Å². The molecule has 0 radical (unpaired) electrons. The number of fused-ring (bicyclic) bond motifs is 1. The minimum atomic E-state index is -0.382. The molecule has 0 saturated carbocycles. The second-order valence-corrected chi connectivity index (χ2v) is 8.08. The summed E-state index contributed by atoms with van der Waals surface area (Å²) in [6.07, 6.45) is 8.11. The number of nitrogens with zero attached hydrogens (tertiary/aromatic N) is 6. The van der Waals surface area contributed by atoms with Crippen LogP contribution in [0.25, 0.3) is 0 Å². The second-order valence-electron chi connectivity index (χ2n) is 8.08. The van der Waals surface area contributed by atoms with Crippen molar-refractivity contribution in [2.45, 2.75) is 45.4 Å². The van der Waals surface area contributed by atoms with Gasteiger partial charge in [0.15, 0.2) is 0 Å². The molecule has 1 aliphatic heterocycles. The largest absolute Gasteiger partial charge is 0.338 e. The molecule has 7 heteroatoms. The first kappa shape index (κ1) is 20.2. The fourth-order valence-electron chi connectivity index (χ4n) is 4.05. The first-order valence-corrected chi connectivity index (χ1v) is 10.4. The van der Waals surface area contributed by atoms with Gasteiger partial charge in [0, 0.05) is 51.2 Å². The molecule has 1 aliphatic rings. The van der Waals surface area contributed by atoms with Gasteiger partial charge < -0.3 is 9.47 Å². The summed E-state index contributed by atoms with van der Waals surface area (Å²) in [4.78, 5) is 31.0. The van der Waals surface area contributed by atoms with E-state index in [2.05, 4.69) is 44.3 Å². The van der Waals surface area contributed by atoms with Crippen molar-refractivity contribution in [1.29, 1.82) is 0 Å². The lowest BCUT2D eigenvalue weighted by atomic mass is 9.99. The Hall–Kier alpha value is -3.06. The highest BCUT2D eigenvalue weighted by Gasteiger charge is 2.38. The Balaban J connectivity index is 1.67. The van der Waals surface area contributed by atoms with Crippen molar-refractivity contribution < 1.29 is 4.79 Å². The van der Waals surface area contributed by atoms with Gasteiger partial charge in [-0.25, -0.2) is 4.98 Å². The number of carbonyl (C=O) groups is 1. The molecule has 0 spiro atoms. The highest BCUT2D eigenvalue weighted by Crippen LogP contribution is 2.33. The lowest BCUT2D eigenvalue weighted by Crippen LogP contribution is -2.45. The summed E-state index contributed by atoms with van der Waals surface area (Å²) in [7, 11) is 1.85. The van der Waals surface area contributed by atoms with Crippen molar-refractivity contribution in [3.05, 3.63) is 77.9 Å². The summed E-state index contributed by atoms with van der Waals surface area (Å²) >= 11 is 0. The third-order valence-corrected chi connectivity index (χ3v) is 5.57. The maximum absolute atomic E-state index is 13.7. The average molecular weight is 405 g/mol. The van der Waals surface area contributed by atoms with Crippen molar-refractivity contribution >= 4 is 5.91 Å². The van der Waals surface area contributed by atoms with Gasteiger partial charge >= 0.3 is 0 Å². The topological polar surface area (TPSA) is 67.2 Å². The molecule has 0 fully saturated rings. The minimum Gasteiger partial charge on any atom is -0.338 e. The molecule has 156 valence electrons. The van der Waals surface area contributed by atoms with E-state index in [0.29, 0.717) is 13.1 Å². The predicted octanol–water partition coefficient (Wildman–Crippen LogP) is 3.01. The van der Waals surface area contributed by atoms with E-state index in [-0.39, 0.29) is 18.0 Å². The third-order valence-electron chi connectivity index (χ3n) is 5.57. The Morgan fingerprint density at radius 2 is 2.07 bits per heavy atom. The van der Waals surface area contributed by atoms with E-state index in [1.807, 2.05) is 43.8 Å². The quantitative estimate of drug-likeness (QED) is 0.632. The van der Waals surface area contributed by atoms with Crippen LogP contribution in [0.15, 0.2) is 55.2 Å².